The summed E-state index contributed by atoms with van der Waals surface area (Å²) in [5.74, 6) is 1.62. The van der Waals surface area contributed by atoms with E-state index in [2.05, 4.69) is 20.3 Å². The maximum Gasteiger partial charge on any atom is 0.238 e. The predicted molar refractivity (Wildman–Crippen MR) is 92.0 cm³/mol. The average molecular weight is 323 g/mol. The van der Waals surface area contributed by atoms with E-state index in [9.17, 15) is 4.79 Å². The standard InChI is InChI=1S/C18H21N5O/c1-11-9-20-17(21-10-11)22-12-7-13(8-12)23-15-14(5-4-6-19-15)18(2,3)16(23)24/h4-6,9-10,12-13H,7-8H2,1-3H3,(H,20,21,22). The average Bonchev–Trinajstić information content (AvgIpc) is 2.73. The Hall–Kier alpha value is -2.50. The number of rotatable bonds is 3. The van der Waals surface area contributed by atoms with Gasteiger partial charge in [0.15, 0.2) is 0 Å². The summed E-state index contributed by atoms with van der Waals surface area (Å²) in [7, 11) is 0. The molecule has 0 aromatic carbocycles. The zero-order valence-corrected chi connectivity index (χ0v) is 14.2. The number of aromatic nitrogens is 3. The number of hydrogen-bond acceptors (Lipinski definition) is 5. The molecule has 1 amide bonds. The number of pyridine rings is 1. The lowest BCUT2D eigenvalue weighted by Crippen LogP contribution is -2.53. The second-order valence-electron chi connectivity index (χ2n) is 7.23. The van der Waals surface area contributed by atoms with Crippen LogP contribution in [0, 0.1) is 6.92 Å². The van der Waals surface area contributed by atoms with Gasteiger partial charge in [-0.1, -0.05) is 6.07 Å². The minimum Gasteiger partial charge on any atom is -0.351 e. The first-order valence-corrected chi connectivity index (χ1v) is 8.31. The Labute approximate surface area is 141 Å². The fourth-order valence-corrected chi connectivity index (χ4v) is 3.49. The van der Waals surface area contributed by atoms with E-state index < -0.39 is 5.41 Å². The van der Waals surface area contributed by atoms with Crippen LogP contribution in [0.15, 0.2) is 30.7 Å². The number of fused-ring (bicyclic) bond motifs is 1. The Morgan fingerprint density at radius 2 is 1.92 bits per heavy atom. The number of aryl methyl sites for hydroxylation is 1. The van der Waals surface area contributed by atoms with Crippen LogP contribution in [0.4, 0.5) is 11.8 Å². The topological polar surface area (TPSA) is 71.0 Å². The molecule has 1 aliphatic heterocycles. The van der Waals surface area contributed by atoms with Crippen molar-refractivity contribution in [3.05, 3.63) is 41.9 Å². The van der Waals surface area contributed by atoms with E-state index in [4.69, 9.17) is 0 Å². The summed E-state index contributed by atoms with van der Waals surface area (Å²) in [6.07, 6.45) is 7.13. The van der Waals surface area contributed by atoms with Crippen molar-refractivity contribution < 1.29 is 4.79 Å². The lowest BCUT2D eigenvalue weighted by Gasteiger charge is -2.41. The molecule has 6 nitrogen and oxygen atoms in total. The Morgan fingerprint density at radius 3 is 2.62 bits per heavy atom. The van der Waals surface area contributed by atoms with Crippen molar-refractivity contribution in [3.63, 3.8) is 0 Å². The molecular weight excluding hydrogens is 302 g/mol. The second-order valence-corrected chi connectivity index (χ2v) is 7.23. The highest BCUT2D eigenvalue weighted by molar-refractivity contribution is 6.07. The molecule has 24 heavy (non-hydrogen) atoms. The Bertz CT molecular complexity index is 780. The molecule has 2 aromatic heterocycles. The van der Waals surface area contributed by atoms with E-state index in [1.807, 2.05) is 37.8 Å². The van der Waals surface area contributed by atoms with Crippen molar-refractivity contribution in [1.82, 2.24) is 15.0 Å². The molecule has 4 rings (SSSR count). The van der Waals surface area contributed by atoms with Gasteiger partial charge in [-0.15, -0.1) is 0 Å². The van der Waals surface area contributed by atoms with Crippen molar-refractivity contribution in [3.8, 4) is 0 Å². The first kappa shape index (κ1) is 15.1. The molecule has 0 radical (unpaired) electrons. The molecule has 3 heterocycles. The number of amides is 1. The van der Waals surface area contributed by atoms with E-state index in [1.165, 1.54) is 0 Å². The third-order valence-corrected chi connectivity index (χ3v) is 5.03. The second kappa shape index (κ2) is 5.26. The highest BCUT2D eigenvalue weighted by atomic mass is 16.2. The van der Waals surface area contributed by atoms with Crippen molar-refractivity contribution >= 4 is 17.7 Å². The Kier molecular flexibility index (Phi) is 3.30. The largest absolute Gasteiger partial charge is 0.351 e. The summed E-state index contributed by atoms with van der Waals surface area (Å²) in [4.78, 5) is 27.8. The predicted octanol–water partition coefficient (Wildman–Crippen LogP) is 2.45. The van der Waals surface area contributed by atoms with E-state index in [-0.39, 0.29) is 11.9 Å². The molecule has 0 atom stereocenters. The lowest BCUT2D eigenvalue weighted by molar-refractivity contribution is -0.122. The number of carbonyl (C=O) groups is 1. The van der Waals surface area contributed by atoms with Gasteiger partial charge in [0.2, 0.25) is 11.9 Å². The van der Waals surface area contributed by atoms with Crippen LogP contribution in [0.2, 0.25) is 0 Å². The van der Waals surface area contributed by atoms with Gasteiger partial charge in [-0.3, -0.25) is 9.69 Å². The highest BCUT2D eigenvalue weighted by Gasteiger charge is 2.50. The van der Waals surface area contributed by atoms with Crippen LogP contribution < -0.4 is 10.2 Å². The van der Waals surface area contributed by atoms with Gasteiger partial charge in [-0.25, -0.2) is 15.0 Å². The van der Waals surface area contributed by atoms with Crippen LogP contribution in [-0.4, -0.2) is 32.9 Å². The molecule has 0 bridgehead atoms. The van der Waals surface area contributed by atoms with Gasteiger partial charge >= 0.3 is 0 Å². The molecule has 1 N–H and O–H groups in total. The fraction of sp³-hybridized carbons (Fsp3) is 0.444. The summed E-state index contributed by atoms with van der Waals surface area (Å²) < 4.78 is 0. The summed E-state index contributed by atoms with van der Waals surface area (Å²) in [6, 6.07) is 4.39. The van der Waals surface area contributed by atoms with Crippen LogP contribution in [0.3, 0.4) is 0 Å². The van der Waals surface area contributed by atoms with Gasteiger partial charge in [0.05, 0.1) is 5.41 Å². The SMILES string of the molecule is Cc1cnc(NC2CC(N3C(=O)C(C)(C)c4cccnc43)C2)nc1. The van der Waals surface area contributed by atoms with Crippen molar-refractivity contribution in [2.24, 2.45) is 0 Å². The molecule has 6 heteroatoms. The molecule has 1 aliphatic carbocycles. The first-order chi connectivity index (χ1) is 11.5. The van der Waals surface area contributed by atoms with Gasteiger partial charge in [0.1, 0.15) is 5.82 Å². The molecule has 124 valence electrons. The summed E-state index contributed by atoms with van der Waals surface area (Å²) >= 11 is 0. The van der Waals surface area contributed by atoms with E-state index in [0.29, 0.717) is 12.0 Å². The minimum atomic E-state index is -0.498. The highest BCUT2D eigenvalue weighted by Crippen LogP contribution is 2.44. The summed E-state index contributed by atoms with van der Waals surface area (Å²) in [5.41, 5.74) is 1.57. The number of anilines is 2. The Balaban J connectivity index is 1.47. The van der Waals surface area contributed by atoms with E-state index in [1.54, 1.807) is 18.6 Å². The number of carbonyl (C=O) groups excluding carboxylic acids is 1. The number of hydrogen-bond donors (Lipinski definition) is 1. The third kappa shape index (κ3) is 2.25. The van der Waals surface area contributed by atoms with Crippen molar-refractivity contribution in [2.45, 2.75) is 51.1 Å². The third-order valence-electron chi connectivity index (χ3n) is 5.03. The molecule has 2 aromatic rings. The molecule has 2 aliphatic rings. The van der Waals surface area contributed by atoms with Crippen molar-refractivity contribution in [1.29, 1.82) is 0 Å². The molecule has 0 saturated heterocycles. The number of nitrogens with one attached hydrogen (secondary N) is 1. The fourth-order valence-electron chi connectivity index (χ4n) is 3.49. The lowest BCUT2D eigenvalue weighted by atomic mass is 9.84. The molecule has 1 saturated carbocycles. The molecule has 0 unspecified atom stereocenters. The number of nitrogens with zero attached hydrogens (tertiary/aromatic N) is 4. The van der Waals surface area contributed by atoms with Crippen LogP contribution in [0.1, 0.15) is 37.8 Å². The van der Waals surface area contributed by atoms with Crippen molar-refractivity contribution in [2.75, 3.05) is 10.2 Å². The van der Waals surface area contributed by atoms with Gasteiger partial charge < -0.3 is 5.32 Å². The maximum absolute atomic E-state index is 12.9. The first-order valence-electron chi connectivity index (χ1n) is 8.31. The van der Waals surface area contributed by atoms with Crippen LogP contribution in [0.5, 0.6) is 0 Å². The molecule has 0 spiro atoms. The van der Waals surface area contributed by atoms with Crippen LogP contribution in [0.25, 0.3) is 0 Å². The van der Waals surface area contributed by atoms with E-state index >= 15 is 0 Å². The minimum absolute atomic E-state index is 0.145. The van der Waals surface area contributed by atoms with Gasteiger partial charge in [0.25, 0.3) is 0 Å². The quantitative estimate of drug-likeness (QED) is 0.939. The summed E-state index contributed by atoms with van der Waals surface area (Å²) in [5, 5.41) is 3.34. The van der Waals surface area contributed by atoms with E-state index in [0.717, 1.165) is 29.8 Å². The zero-order valence-electron chi connectivity index (χ0n) is 14.2. The van der Waals surface area contributed by atoms with Crippen LogP contribution >= 0.6 is 0 Å². The normalized spacial score (nSPS) is 24.5. The van der Waals surface area contributed by atoms with Gasteiger partial charge in [0, 0.05) is 36.2 Å². The Morgan fingerprint density at radius 1 is 1.21 bits per heavy atom. The molecular formula is C18H21N5O. The van der Waals surface area contributed by atoms with Crippen LogP contribution in [-0.2, 0) is 10.2 Å². The maximum atomic E-state index is 12.9. The van der Waals surface area contributed by atoms with Gasteiger partial charge in [-0.2, -0.15) is 0 Å². The smallest absolute Gasteiger partial charge is 0.238 e. The monoisotopic (exact) mass is 323 g/mol. The summed E-state index contributed by atoms with van der Waals surface area (Å²) in [6.45, 7) is 5.92. The molecule has 1 fully saturated rings. The zero-order chi connectivity index (χ0) is 16.9. The van der Waals surface area contributed by atoms with Gasteiger partial charge in [-0.05, 0) is 45.2 Å².